The summed E-state index contributed by atoms with van der Waals surface area (Å²) in [5, 5.41) is 8.38. The molecule has 28 heavy (non-hydrogen) atoms. The fourth-order valence-electron chi connectivity index (χ4n) is 3.44. The van der Waals surface area contributed by atoms with E-state index in [9.17, 15) is 9.59 Å². The van der Waals surface area contributed by atoms with Crippen molar-refractivity contribution in [3.8, 4) is 0 Å². The molecule has 1 N–H and O–H groups in total. The first-order chi connectivity index (χ1) is 13.1. The average molecular weight is 423 g/mol. The molecule has 1 unspecified atom stereocenters. The molecule has 8 nitrogen and oxygen atoms in total. The van der Waals surface area contributed by atoms with Crippen molar-refractivity contribution >= 4 is 40.9 Å². The molecule has 1 aromatic carbocycles. The number of hydrogen-bond acceptors (Lipinski definition) is 5. The summed E-state index contributed by atoms with van der Waals surface area (Å²) < 4.78 is 2.87. The standard InChI is InChI=1S/C18H19ClN6O2.ClH/c1-23-17-13(8-22-23)18(27)24(11-21-17)10-16(26)25-7-6-20-9-15(25)12-4-2-3-5-14(12)19;/h2-5,8,11,15,20H,6-7,9-10H2,1H3;1H. The van der Waals surface area contributed by atoms with Crippen LogP contribution in [-0.2, 0) is 18.4 Å². The maximum Gasteiger partial charge on any atom is 0.264 e. The second-order valence-corrected chi connectivity index (χ2v) is 6.92. The predicted octanol–water partition coefficient (Wildman–Crippen LogP) is 1.38. The summed E-state index contributed by atoms with van der Waals surface area (Å²) in [6, 6.07) is 7.34. The van der Waals surface area contributed by atoms with Crippen LogP contribution < -0.4 is 10.9 Å². The molecule has 1 aliphatic heterocycles. The fourth-order valence-corrected chi connectivity index (χ4v) is 3.70. The Morgan fingerprint density at radius 3 is 2.93 bits per heavy atom. The zero-order chi connectivity index (χ0) is 19.0. The van der Waals surface area contributed by atoms with Crippen LogP contribution in [0.4, 0.5) is 0 Å². The lowest BCUT2D eigenvalue weighted by Gasteiger charge is -2.37. The first-order valence-electron chi connectivity index (χ1n) is 8.68. The summed E-state index contributed by atoms with van der Waals surface area (Å²) in [7, 11) is 1.72. The minimum atomic E-state index is -0.272. The average Bonchev–Trinajstić information content (AvgIpc) is 3.06. The van der Waals surface area contributed by atoms with Crippen LogP contribution in [0.1, 0.15) is 11.6 Å². The summed E-state index contributed by atoms with van der Waals surface area (Å²) >= 11 is 6.34. The van der Waals surface area contributed by atoms with E-state index in [1.165, 1.54) is 21.8 Å². The molecule has 1 fully saturated rings. The highest BCUT2D eigenvalue weighted by Gasteiger charge is 2.29. The Hall–Kier alpha value is -2.42. The van der Waals surface area contributed by atoms with Crippen molar-refractivity contribution in [2.45, 2.75) is 12.6 Å². The van der Waals surface area contributed by atoms with Gasteiger partial charge in [0.15, 0.2) is 5.65 Å². The second-order valence-electron chi connectivity index (χ2n) is 6.51. The van der Waals surface area contributed by atoms with Gasteiger partial charge in [0, 0.05) is 31.7 Å². The van der Waals surface area contributed by atoms with E-state index in [-0.39, 0.29) is 36.5 Å². The van der Waals surface area contributed by atoms with Crippen molar-refractivity contribution in [1.82, 2.24) is 29.5 Å². The van der Waals surface area contributed by atoms with Gasteiger partial charge in [0.2, 0.25) is 5.91 Å². The Morgan fingerprint density at radius 1 is 1.36 bits per heavy atom. The Kier molecular flexibility index (Phi) is 6.02. The van der Waals surface area contributed by atoms with Gasteiger partial charge in [0.25, 0.3) is 5.56 Å². The summed E-state index contributed by atoms with van der Waals surface area (Å²) in [4.78, 5) is 31.7. The van der Waals surface area contributed by atoms with Gasteiger partial charge in [-0.15, -0.1) is 12.4 Å². The lowest BCUT2D eigenvalue weighted by Crippen LogP contribution is -2.50. The number of rotatable bonds is 3. The number of piperazine rings is 1. The summed E-state index contributed by atoms with van der Waals surface area (Å²) in [5.74, 6) is -0.145. The minimum Gasteiger partial charge on any atom is -0.331 e. The molecule has 0 bridgehead atoms. The number of benzene rings is 1. The van der Waals surface area contributed by atoms with Gasteiger partial charge >= 0.3 is 0 Å². The first kappa shape index (κ1) is 20.3. The van der Waals surface area contributed by atoms with E-state index in [1.807, 2.05) is 24.3 Å². The summed E-state index contributed by atoms with van der Waals surface area (Å²) in [6.45, 7) is 1.79. The number of fused-ring (bicyclic) bond motifs is 1. The lowest BCUT2D eigenvalue weighted by molar-refractivity contribution is -0.135. The van der Waals surface area contributed by atoms with Gasteiger partial charge in [-0.05, 0) is 11.6 Å². The maximum atomic E-state index is 13.0. The van der Waals surface area contributed by atoms with E-state index in [1.54, 1.807) is 11.9 Å². The number of aryl methyl sites for hydroxylation is 1. The Bertz CT molecular complexity index is 1060. The highest BCUT2D eigenvalue weighted by atomic mass is 35.5. The molecule has 1 aliphatic rings. The van der Waals surface area contributed by atoms with Gasteiger partial charge in [0.05, 0.1) is 12.2 Å². The van der Waals surface area contributed by atoms with Crippen LogP contribution in [0.25, 0.3) is 11.0 Å². The van der Waals surface area contributed by atoms with Crippen LogP contribution in [0.5, 0.6) is 0 Å². The molecule has 0 saturated carbocycles. The van der Waals surface area contributed by atoms with Crippen molar-refractivity contribution in [2.75, 3.05) is 19.6 Å². The van der Waals surface area contributed by atoms with Crippen LogP contribution in [-0.4, -0.2) is 49.8 Å². The van der Waals surface area contributed by atoms with Gasteiger partial charge in [-0.3, -0.25) is 18.8 Å². The molecule has 4 rings (SSSR count). The number of aromatic nitrogens is 4. The maximum absolute atomic E-state index is 13.0. The van der Waals surface area contributed by atoms with Crippen molar-refractivity contribution in [2.24, 2.45) is 7.05 Å². The molecular formula is C18H20Cl2N6O2. The number of carbonyl (C=O) groups excluding carboxylic acids is 1. The topological polar surface area (TPSA) is 85.0 Å². The highest BCUT2D eigenvalue weighted by molar-refractivity contribution is 6.31. The number of nitrogens with zero attached hydrogens (tertiary/aromatic N) is 5. The third-order valence-electron chi connectivity index (χ3n) is 4.85. The monoisotopic (exact) mass is 422 g/mol. The molecule has 1 atom stereocenters. The molecule has 3 aromatic rings. The van der Waals surface area contributed by atoms with Crippen LogP contribution in [0, 0.1) is 0 Å². The Balaban J connectivity index is 0.00000225. The zero-order valence-corrected chi connectivity index (χ0v) is 16.8. The molecule has 148 valence electrons. The van der Waals surface area contributed by atoms with E-state index in [0.29, 0.717) is 35.7 Å². The largest absolute Gasteiger partial charge is 0.331 e. The van der Waals surface area contributed by atoms with Crippen LogP contribution in [0.15, 0.2) is 41.6 Å². The highest BCUT2D eigenvalue weighted by Crippen LogP contribution is 2.28. The number of halogens is 2. The first-order valence-corrected chi connectivity index (χ1v) is 9.06. The van der Waals surface area contributed by atoms with Gasteiger partial charge in [-0.25, -0.2) is 4.98 Å². The quantitative estimate of drug-likeness (QED) is 0.688. The second kappa shape index (κ2) is 8.30. The smallest absolute Gasteiger partial charge is 0.264 e. The minimum absolute atomic E-state index is 0. The van der Waals surface area contributed by atoms with Gasteiger partial charge in [0.1, 0.15) is 18.3 Å². The summed E-state index contributed by atoms with van der Waals surface area (Å²) in [5.41, 5.74) is 1.12. The predicted molar refractivity (Wildman–Crippen MR) is 109 cm³/mol. The van der Waals surface area contributed by atoms with E-state index < -0.39 is 0 Å². The molecule has 3 heterocycles. The SMILES string of the molecule is Cl.Cn1ncc2c(=O)n(CC(=O)N3CCNCC3c3ccccc3Cl)cnc21. The van der Waals surface area contributed by atoms with Gasteiger partial charge in [-0.2, -0.15) is 5.10 Å². The van der Waals surface area contributed by atoms with Crippen molar-refractivity contribution in [1.29, 1.82) is 0 Å². The van der Waals surface area contributed by atoms with Gasteiger partial charge < -0.3 is 10.2 Å². The number of amides is 1. The molecular weight excluding hydrogens is 403 g/mol. The molecule has 0 radical (unpaired) electrons. The van der Waals surface area contributed by atoms with Crippen molar-refractivity contribution in [3.63, 3.8) is 0 Å². The lowest BCUT2D eigenvalue weighted by atomic mass is 10.0. The molecule has 0 spiro atoms. The number of nitrogens with one attached hydrogen (secondary N) is 1. The van der Waals surface area contributed by atoms with Crippen molar-refractivity contribution in [3.05, 3.63) is 57.7 Å². The third kappa shape index (κ3) is 3.63. The zero-order valence-electron chi connectivity index (χ0n) is 15.2. The molecule has 1 amide bonds. The normalized spacial score (nSPS) is 16.8. The van der Waals surface area contributed by atoms with E-state index in [2.05, 4.69) is 15.4 Å². The third-order valence-corrected chi connectivity index (χ3v) is 5.20. The Labute approximate surface area is 172 Å². The summed E-state index contributed by atoms with van der Waals surface area (Å²) in [6.07, 6.45) is 2.87. The van der Waals surface area contributed by atoms with E-state index in [0.717, 1.165) is 5.56 Å². The van der Waals surface area contributed by atoms with E-state index >= 15 is 0 Å². The van der Waals surface area contributed by atoms with E-state index in [4.69, 9.17) is 11.6 Å². The Morgan fingerprint density at radius 2 is 2.14 bits per heavy atom. The van der Waals surface area contributed by atoms with Crippen LogP contribution in [0.2, 0.25) is 5.02 Å². The molecule has 10 heteroatoms. The van der Waals surface area contributed by atoms with Crippen LogP contribution >= 0.6 is 24.0 Å². The van der Waals surface area contributed by atoms with Gasteiger partial charge in [-0.1, -0.05) is 29.8 Å². The number of carbonyl (C=O) groups is 1. The number of hydrogen-bond donors (Lipinski definition) is 1. The molecule has 1 saturated heterocycles. The van der Waals surface area contributed by atoms with Crippen molar-refractivity contribution < 1.29 is 4.79 Å². The fraction of sp³-hybridized carbons (Fsp3) is 0.333. The molecule has 0 aliphatic carbocycles. The van der Waals surface area contributed by atoms with Crippen LogP contribution in [0.3, 0.4) is 0 Å². The molecule has 2 aromatic heterocycles.